The van der Waals surface area contributed by atoms with Crippen molar-refractivity contribution in [3.8, 4) is 11.8 Å². The average molecular weight is 199 g/mol. The quantitative estimate of drug-likeness (QED) is 0.667. The first-order chi connectivity index (χ1) is 7.24. The molecule has 5 nitrogen and oxygen atoms in total. The number of hydrogen-bond donors (Lipinski definition) is 2. The molecule has 4 N–H and O–H groups in total. The summed E-state index contributed by atoms with van der Waals surface area (Å²) in [5, 5.41) is 12.7. The Morgan fingerprint density at radius 2 is 2.00 bits per heavy atom. The van der Waals surface area contributed by atoms with Crippen LogP contribution in [0.2, 0.25) is 0 Å². The second kappa shape index (κ2) is 3.35. The monoisotopic (exact) mass is 199 g/mol. The summed E-state index contributed by atoms with van der Waals surface area (Å²) >= 11 is 0. The SMILES string of the molecule is N#Cc1cnn(-c2ccccc2N)c1N. The molecule has 0 saturated heterocycles. The van der Waals surface area contributed by atoms with Crippen LogP contribution < -0.4 is 11.5 Å². The number of para-hydroxylation sites is 2. The summed E-state index contributed by atoms with van der Waals surface area (Å²) in [6.45, 7) is 0. The van der Waals surface area contributed by atoms with Crippen molar-refractivity contribution >= 4 is 11.5 Å². The number of nitrogens with two attached hydrogens (primary N) is 2. The molecule has 2 rings (SSSR count). The van der Waals surface area contributed by atoms with E-state index in [-0.39, 0.29) is 0 Å². The minimum Gasteiger partial charge on any atom is -0.397 e. The Balaban J connectivity index is 2.61. The smallest absolute Gasteiger partial charge is 0.145 e. The van der Waals surface area contributed by atoms with Crippen LogP contribution in [-0.4, -0.2) is 9.78 Å². The van der Waals surface area contributed by atoms with E-state index in [1.807, 2.05) is 18.2 Å². The predicted octanol–water partition coefficient (Wildman–Crippen LogP) is 0.908. The van der Waals surface area contributed by atoms with Gasteiger partial charge in [-0.3, -0.25) is 0 Å². The summed E-state index contributed by atoms with van der Waals surface area (Å²) in [6, 6.07) is 9.16. The van der Waals surface area contributed by atoms with E-state index in [1.165, 1.54) is 10.9 Å². The normalized spacial score (nSPS) is 9.80. The van der Waals surface area contributed by atoms with Crippen LogP contribution in [0.3, 0.4) is 0 Å². The van der Waals surface area contributed by atoms with Crippen LogP contribution in [-0.2, 0) is 0 Å². The van der Waals surface area contributed by atoms with Gasteiger partial charge in [0.25, 0.3) is 0 Å². The maximum Gasteiger partial charge on any atom is 0.145 e. The van der Waals surface area contributed by atoms with E-state index in [2.05, 4.69) is 5.10 Å². The van der Waals surface area contributed by atoms with Gasteiger partial charge < -0.3 is 11.5 Å². The van der Waals surface area contributed by atoms with E-state index < -0.39 is 0 Å². The molecule has 0 radical (unpaired) electrons. The third kappa shape index (κ3) is 1.38. The molecule has 1 heterocycles. The first kappa shape index (κ1) is 9.09. The fraction of sp³-hybridized carbons (Fsp3) is 0. The third-order valence-corrected chi connectivity index (χ3v) is 2.09. The highest BCUT2D eigenvalue weighted by atomic mass is 15.3. The Morgan fingerprint density at radius 1 is 1.27 bits per heavy atom. The van der Waals surface area contributed by atoms with Gasteiger partial charge in [0.05, 0.1) is 17.6 Å². The molecule has 0 amide bonds. The number of nitriles is 1. The van der Waals surface area contributed by atoms with Crippen LogP contribution in [0.1, 0.15) is 5.56 Å². The maximum absolute atomic E-state index is 8.73. The molecule has 0 spiro atoms. The van der Waals surface area contributed by atoms with Crippen molar-refractivity contribution < 1.29 is 0 Å². The average Bonchev–Trinajstić information content (AvgIpc) is 2.60. The van der Waals surface area contributed by atoms with E-state index >= 15 is 0 Å². The van der Waals surface area contributed by atoms with Gasteiger partial charge in [-0.25, -0.2) is 4.68 Å². The van der Waals surface area contributed by atoms with E-state index in [0.717, 1.165) is 0 Å². The molecular formula is C10H9N5. The minimum atomic E-state index is 0.301. The molecule has 15 heavy (non-hydrogen) atoms. The number of nitrogens with zero attached hydrogens (tertiary/aromatic N) is 3. The number of hydrogen-bond acceptors (Lipinski definition) is 4. The summed E-state index contributed by atoms with van der Waals surface area (Å²) in [5.41, 5.74) is 13.1. The lowest BCUT2D eigenvalue weighted by molar-refractivity contribution is 0.893. The van der Waals surface area contributed by atoms with Crippen molar-refractivity contribution in [3.05, 3.63) is 36.0 Å². The van der Waals surface area contributed by atoms with Gasteiger partial charge in [-0.15, -0.1) is 0 Å². The molecule has 0 bridgehead atoms. The van der Waals surface area contributed by atoms with Crippen LogP contribution in [0, 0.1) is 11.3 Å². The number of aromatic nitrogens is 2. The molecule has 1 aromatic carbocycles. The number of anilines is 2. The Hall–Kier alpha value is -2.48. The summed E-state index contributed by atoms with van der Waals surface area (Å²) < 4.78 is 1.45. The van der Waals surface area contributed by atoms with Crippen molar-refractivity contribution in [1.29, 1.82) is 5.26 Å². The zero-order valence-corrected chi connectivity index (χ0v) is 7.88. The van der Waals surface area contributed by atoms with E-state index in [1.54, 1.807) is 12.1 Å². The zero-order chi connectivity index (χ0) is 10.8. The molecule has 0 aliphatic rings. The highest BCUT2D eigenvalue weighted by molar-refractivity contribution is 5.62. The summed E-state index contributed by atoms with van der Waals surface area (Å²) in [5.74, 6) is 0.301. The molecule has 0 fully saturated rings. The molecule has 0 aliphatic carbocycles. The lowest BCUT2D eigenvalue weighted by atomic mass is 10.2. The van der Waals surface area contributed by atoms with Crippen molar-refractivity contribution in [1.82, 2.24) is 9.78 Å². The first-order valence-corrected chi connectivity index (χ1v) is 4.32. The fourth-order valence-electron chi connectivity index (χ4n) is 1.32. The number of nitrogen functional groups attached to an aromatic ring is 2. The fourth-order valence-corrected chi connectivity index (χ4v) is 1.32. The van der Waals surface area contributed by atoms with Gasteiger partial charge in [-0.1, -0.05) is 12.1 Å². The number of rotatable bonds is 1. The van der Waals surface area contributed by atoms with E-state index in [9.17, 15) is 0 Å². The maximum atomic E-state index is 8.73. The van der Waals surface area contributed by atoms with Crippen molar-refractivity contribution in [2.75, 3.05) is 11.5 Å². The van der Waals surface area contributed by atoms with Gasteiger partial charge in [0, 0.05) is 0 Å². The van der Waals surface area contributed by atoms with Crippen molar-refractivity contribution in [3.63, 3.8) is 0 Å². The molecule has 0 unspecified atom stereocenters. The van der Waals surface area contributed by atoms with Gasteiger partial charge >= 0.3 is 0 Å². The molecule has 2 aromatic rings. The van der Waals surface area contributed by atoms with Crippen molar-refractivity contribution in [2.24, 2.45) is 0 Å². The predicted molar refractivity (Wildman–Crippen MR) is 57.1 cm³/mol. The van der Waals surface area contributed by atoms with Crippen LogP contribution in [0.25, 0.3) is 5.69 Å². The van der Waals surface area contributed by atoms with Crippen LogP contribution in [0.5, 0.6) is 0 Å². The van der Waals surface area contributed by atoms with Gasteiger partial charge in [0.1, 0.15) is 17.5 Å². The zero-order valence-electron chi connectivity index (χ0n) is 7.88. The van der Waals surface area contributed by atoms with Crippen LogP contribution in [0.15, 0.2) is 30.5 Å². The molecule has 0 atom stereocenters. The lowest BCUT2D eigenvalue weighted by Crippen LogP contribution is -2.05. The van der Waals surface area contributed by atoms with Gasteiger partial charge in [-0.05, 0) is 12.1 Å². The molecular weight excluding hydrogens is 190 g/mol. The molecule has 0 aliphatic heterocycles. The first-order valence-electron chi connectivity index (χ1n) is 4.32. The Bertz CT molecular complexity index is 535. The second-order valence-electron chi connectivity index (χ2n) is 3.03. The third-order valence-electron chi connectivity index (χ3n) is 2.09. The highest BCUT2D eigenvalue weighted by Gasteiger charge is 2.09. The highest BCUT2D eigenvalue weighted by Crippen LogP contribution is 2.20. The van der Waals surface area contributed by atoms with Gasteiger partial charge in [-0.2, -0.15) is 10.4 Å². The number of benzene rings is 1. The van der Waals surface area contributed by atoms with E-state index in [4.69, 9.17) is 16.7 Å². The van der Waals surface area contributed by atoms with Crippen molar-refractivity contribution in [2.45, 2.75) is 0 Å². The minimum absolute atomic E-state index is 0.301. The Labute approximate surface area is 86.5 Å². The largest absolute Gasteiger partial charge is 0.397 e. The standard InChI is InChI=1S/C10H9N5/c11-5-7-6-14-15(10(7)13)9-4-2-1-3-8(9)12/h1-4,6H,12-13H2. The summed E-state index contributed by atoms with van der Waals surface area (Å²) in [6.07, 6.45) is 1.42. The molecule has 1 aromatic heterocycles. The molecule has 0 saturated carbocycles. The summed E-state index contributed by atoms with van der Waals surface area (Å²) in [4.78, 5) is 0. The topological polar surface area (TPSA) is 93.6 Å². The lowest BCUT2D eigenvalue weighted by Gasteiger charge is -2.06. The summed E-state index contributed by atoms with van der Waals surface area (Å²) in [7, 11) is 0. The second-order valence-corrected chi connectivity index (χ2v) is 3.03. The molecule has 5 heteroatoms. The van der Waals surface area contributed by atoms with Crippen LogP contribution in [0.4, 0.5) is 11.5 Å². The van der Waals surface area contributed by atoms with Gasteiger partial charge in [0.2, 0.25) is 0 Å². The van der Waals surface area contributed by atoms with E-state index in [0.29, 0.717) is 22.8 Å². The van der Waals surface area contributed by atoms with Crippen LogP contribution >= 0.6 is 0 Å². The molecule has 74 valence electrons. The van der Waals surface area contributed by atoms with Gasteiger partial charge in [0.15, 0.2) is 0 Å². The Kier molecular flexibility index (Phi) is 2.03. The Morgan fingerprint density at radius 3 is 2.60 bits per heavy atom.